The molecule has 0 aliphatic heterocycles. The van der Waals surface area contributed by atoms with Gasteiger partial charge in [0, 0.05) is 19.2 Å². The third-order valence-electron chi connectivity index (χ3n) is 2.60. The van der Waals surface area contributed by atoms with E-state index in [1.165, 1.54) is 6.07 Å². The molecule has 1 rings (SSSR count). The van der Waals surface area contributed by atoms with Crippen LogP contribution in [0.5, 0.6) is 5.75 Å². The fourth-order valence-electron chi connectivity index (χ4n) is 1.48. The lowest BCUT2D eigenvalue weighted by molar-refractivity contribution is 0.0618. The number of amides is 1. The molecule has 0 radical (unpaired) electrons. The van der Waals surface area contributed by atoms with Gasteiger partial charge >= 0.3 is 0 Å². The number of phenolic OH excluding ortho intramolecular Hbond substituents is 1. The number of rotatable bonds is 6. The predicted molar refractivity (Wildman–Crippen MR) is 67.7 cm³/mol. The molecule has 18 heavy (non-hydrogen) atoms. The highest BCUT2D eigenvalue weighted by Gasteiger charge is 2.12. The maximum Gasteiger partial charge on any atom is 0.253 e. The minimum Gasteiger partial charge on any atom is -0.508 e. The SMILES string of the molecule is Cc1cc(C(=O)N(C)CCOCCO)ccc1O. The number of likely N-dealkylation sites (N-methyl/N-ethyl adjacent to an activating group) is 1. The summed E-state index contributed by atoms with van der Waals surface area (Å²) in [6, 6.07) is 4.76. The highest BCUT2D eigenvalue weighted by atomic mass is 16.5. The lowest BCUT2D eigenvalue weighted by Gasteiger charge is -2.17. The minimum atomic E-state index is -0.120. The number of aryl methyl sites for hydroxylation is 1. The van der Waals surface area contributed by atoms with Crippen LogP contribution >= 0.6 is 0 Å². The first-order chi connectivity index (χ1) is 8.56. The molecule has 0 fully saturated rings. The Bertz CT molecular complexity index is 406. The minimum absolute atomic E-state index is 0.0190. The zero-order valence-corrected chi connectivity index (χ0v) is 10.7. The summed E-state index contributed by atoms with van der Waals surface area (Å²) >= 11 is 0. The van der Waals surface area contributed by atoms with Gasteiger partial charge in [-0.25, -0.2) is 0 Å². The molecule has 1 amide bonds. The number of benzene rings is 1. The quantitative estimate of drug-likeness (QED) is 0.735. The summed E-state index contributed by atoms with van der Waals surface area (Å²) in [5.41, 5.74) is 1.21. The molecular weight excluding hydrogens is 234 g/mol. The third-order valence-corrected chi connectivity index (χ3v) is 2.60. The smallest absolute Gasteiger partial charge is 0.253 e. The molecule has 100 valence electrons. The Morgan fingerprint density at radius 3 is 2.72 bits per heavy atom. The van der Waals surface area contributed by atoms with Crippen LogP contribution in [0.3, 0.4) is 0 Å². The summed E-state index contributed by atoms with van der Waals surface area (Å²) in [7, 11) is 1.69. The van der Waals surface area contributed by atoms with Crippen LogP contribution < -0.4 is 0 Å². The van der Waals surface area contributed by atoms with Crippen LogP contribution in [-0.2, 0) is 4.74 Å². The second-order valence-corrected chi connectivity index (χ2v) is 4.06. The van der Waals surface area contributed by atoms with E-state index in [1.54, 1.807) is 31.0 Å². The molecule has 2 N–H and O–H groups in total. The maximum atomic E-state index is 12.0. The second-order valence-electron chi connectivity index (χ2n) is 4.06. The molecule has 0 aliphatic carbocycles. The summed E-state index contributed by atoms with van der Waals surface area (Å²) < 4.78 is 5.10. The molecule has 0 unspecified atom stereocenters. The van der Waals surface area contributed by atoms with Crippen LogP contribution in [-0.4, -0.2) is 54.4 Å². The summed E-state index contributed by atoms with van der Waals surface area (Å²) in [6.07, 6.45) is 0. The third kappa shape index (κ3) is 4.01. The monoisotopic (exact) mass is 253 g/mol. The summed E-state index contributed by atoms with van der Waals surface area (Å²) in [6.45, 7) is 2.85. The first-order valence-electron chi connectivity index (χ1n) is 5.80. The number of hydrogen-bond donors (Lipinski definition) is 2. The average molecular weight is 253 g/mol. The van der Waals surface area contributed by atoms with E-state index in [-0.39, 0.29) is 24.9 Å². The number of phenols is 1. The summed E-state index contributed by atoms with van der Waals surface area (Å²) in [5, 5.41) is 17.9. The van der Waals surface area contributed by atoms with Gasteiger partial charge in [-0.05, 0) is 30.7 Å². The molecule has 0 heterocycles. The highest BCUT2D eigenvalue weighted by molar-refractivity contribution is 5.94. The van der Waals surface area contributed by atoms with Crippen molar-refractivity contribution in [2.24, 2.45) is 0 Å². The van der Waals surface area contributed by atoms with Crippen molar-refractivity contribution < 1.29 is 19.7 Å². The highest BCUT2D eigenvalue weighted by Crippen LogP contribution is 2.17. The van der Waals surface area contributed by atoms with Gasteiger partial charge in [-0.15, -0.1) is 0 Å². The molecular formula is C13H19NO4. The Morgan fingerprint density at radius 1 is 1.39 bits per heavy atom. The van der Waals surface area contributed by atoms with Gasteiger partial charge in [-0.2, -0.15) is 0 Å². The standard InChI is InChI=1S/C13H19NO4/c1-10-9-11(3-4-12(10)16)13(17)14(2)5-7-18-8-6-15/h3-4,9,15-16H,5-8H2,1-2H3. The van der Waals surface area contributed by atoms with Gasteiger partial charge in [-0.1, -0.05) is 0 Å². The fourth-order valence-corrected chi connectivity index (χ4v) is 1.48. The lowest BCUT2D eigenvalue weighted by Crippen LogP contribution is -2.30. The van der Waals surface area contributed by atoms with Crippen molar-refractivity contribution in [1.29, 1.82) is 0 Å². The molecule has 0 atom stereocenters. The van der Waals surface area contributed by atoms with Gasteiger partial charge in [0.05, 0.1) is 19.8 Å². The van der Waals surface area contributed by atoms with Crippen molar-refractivity contribution in [3.63, 3.8) is 0 Å². The lowest BCUT2D eigenvalue weighted by atomic mass is 10.1. The van der Waals surface area contributed by atoms with E-state index in [0.29, 0.717) is 24.3 Å². The van der Waals surface area contributed by atoms with E-state index >= 15 is 0 Å². The number of ether oxygens (including phenoxy) is 1. The molecule has 5 nitrogen and oxygen atoms in total. The molecule has 0 saturated heterocycles. The van der Waals surface area contributed by atoms with Crippen LogP contribution in [0.1, 0.15) is 15.9 Å². The fraction of sp³-hybridized carbons (Fsp3) is 0.462. The number of aliphatic hydroxyl groups excluding tert-OH is 1. The zero-order chi connectivity index (χ0) is 13.5. The van der Waals surface area contributed by atoms with Crippen molar-refractivity contribution in [2.75, 3.05) is 33.4 Å². The topological polar surface area (TPSA) is 70.0 Å². The van der Waals surface area contributed by atoms with E-state index in [4.69, 9.17) is 9.84 Å². The number of nitrogens with zero attached hydrogens (tertiary/aromatic N) is 1. The van der Waals surface area contributed by atoms with Crippen LogP contribution in [0, 0.1) is 6.92 Å². The average Bonchev–Trinajstić information content (AvgIpc) is 2.37. The number of carbonyl (C=O) groups excluding carboxylic acids is 1. The Kier molecular flexibility index (Phi) is 5.61. The maximum absolute atomic E-state index is 12.0. The van der Waals surface area contributed by atoms with E-state index in [9.17, 15) is 9.90 Å². The van der Waals surface area contributed by atoms with Gasteiger partial charge in [0.2, 0.25) is 0 Å². The van der Waals surface area contributed by atoms with E-state index in [2.05, 4.69) is 0 Å². The van der Waals surface area contributed by atoms with Crippen LogP contribution in [0.15, 0.2) is 18.2 Å². The number of aliphatic hydroxyl groups is 1. The molecule has 1 aromatic rings. The Morgan fingerprint density at radius 2 is 2.11 bits per heavy atom. The number of aromatic hydroxyl groups is 1. The van der Waals surface area contributed by atoms with Gasteiger partial charge in [0.25, 0.3) is 5.91 Å². The van der Waals surface area contributed by atoms with Crippen molar-refractivity contribution >= 4 is 5.91 Å². The normalized spacial score (nSPS) is 10.4. The van der Waals surface area contributed by atoms with E-state index in [0.717, 1.165) is 0 Å². The Labute approximate surface area is 107 Å². The van der Waals surface area contributed by atoms with Gasteiger partial charge < -0.3 is 19.8 Å². The van der Waals surface area contributed by atoms with Crippen molar-refractivity contribution in [1.82, 2.24) is 4.90 Å². The van der Waals surface area contributed by atoms with Gasteiger partial charge in [0.1, 0.15) is 5.75 Å². The van der Waals surface area contributed by atoms with Gasteiger partial charge in [-0.3, -0.25) is 4.79 Å². The molecule has 5 heteroatoms. The van der Waals surface area contributed by atoms with Gasteiger partial charge in [0.15, 0.2) is 0 Å². The van der Waals surface area contributed by atoms with Crippen molar-refractivity contribution in [3.05, 3.63) is 29.3 Å². The molecule has 0 aliphatic rings. The van der Waals surface area contributed by atoms with Crippen LogP contribution in [0.25, 0.3) is 0 Å². The molecule has 1 aromatic carbocycles. The first kappa shape index (κ1) is 14.5. The zero-order valence-electron chi connectivity index (χ0n) is 10.7. The molecule has 0 saturated carbocycles. The number of carbonyl (C=O) groups is 1. The largest absolute Gasteiger partial charge is 0.508 e. The van der Waals surface area contributed by atoms with Crippen LogP contribution in [0.2, 0.25) is 0 Å². The second kappa shape index (κ2) is 6.98. The predicted octanol–water partition coefficient (Wildman–Crippen LogP) is 0.782. The summed E-state index contributed by atoms with van der Waals surface area (Å²) in [4.78, 5) is 13.6. The molecule has 0 aromatic heterocycles. The Hall–Kier alpha value is -1.59. The van der Waals surface area contributed by atoms with Crippen molar-refractivity contribution in [2.45, 2.75) is 6.92 Å². The van der Waals surface area contributed by atoms with E-state index < -0.39 is 0 Å². The Balaban J connectivity index is 2.54. The van der Waals surface area contributed by atoms with Crippen molar-refractivity contribution in [3.8, 4) is 5.75 Å². The summed E-state index contributed by atoms with van der Waals surface area (Å²) in [5.74, 6) is 0.0613. The first-order valence-corrected chi connectivity index (χ1v) is 5.80. The van der Waals surface area contributed by atoms with Crippen LogP contribution in [0.4, 0.5) is 0 Å². The van der Waals surface area contributed by atoms with E-state index in [1.807, 2.05) is 0 Å². The number of hydrogen-bond acceptors (Lipinski definition) is 4. The molecule has 0 bridgehead atoms. The molecule has 0 spiro atoms.